The Morgan fingerprint density at radius 3 is 2.31 bits per heavy atom. The molecule has 184 valence electrons. The molecule has 5 aromatic rings. The number of nitrogens with zero attached hydrogens (tertiary/aromatic N) is 3. The van der Waals surface area contributed by atoms with E-state index >= 15 is 0 Å². The van der Waals surface area contributed by atoms with E-state index in [0.29, 0.717) is 37.9 Å². The number of ether oxygens (including phenoxy) is 2. The van der Waals surface area contributed by atoms with Crippen LogP contribution in [0.1, 0.15) is 5.82 Å². The van der Waals surface area contributed by atoms with E-state index in [9.17, 15) is 13.2 Å². The highest BCUT2D eigenvalue weighted by Crippen LogP contribution is 2.38. The Bertz CT molecular complexity index is 1620. The summed E-state index contributed by atoms with van der Waals surface area (Å²) in [6, 6.07) is 13.2. The van der Waals surface area contributed by atoms with Gasteiger partial charge in [0.2, 0.25) is 5.82 Å². The molecule has 0 fully saturated rings. The lowest BCUT2D eigenvalue weighted by Gasteiger charge is -2.15. The van der Waals surface area contributed by atoms with E-state index in [1.54, 1.807) is 36.4 Å². The predicted octanol–water partition coefficient (Wildman–Crippen LogP) is 7.26. The molecule has 0 bridgehead atoms. The van der Waals surface area contributed by atoms with Crippen LogP contribution in [-0.4, -0.2) is 34.4 Å². The van der Waals surface area contributed by atoms with Crippen LogP contribution in [0.15, 0.2) is 48.5 Å². The molecule has 36 heavy (non-hydrogen) atoms. The molecule has 0 amide bonds. The van der Waals surface area contributed by atoms with Crippen LogP contribution >= 0.6 is 23.2 Å². The summed E-state index contributed by atoms with van der Waals surface area (Å²) in [4.78, 5) is 7.46. The Balaban J connectivity index is 1.64. The minimum atomic E-state index is -4.76. The number of nitrogens with one attached hydrogen (secondary N) is 2. The third-order valence-corrected chi connectivity index (χ3v) is 6.21. The highest BCUT2D eigenvalue weighted by atomic mass is 35.5. The number of aromatic nitrogens is 4. The van der Waals surface area contributed by atoms with Gasteiger partial charge in [-0.15, -0.1) is 0 Å². The zero-order valence-corrected chi connectivity index (χ0v) is 20.2. The first-order valence-electron chi connectivity index (χ1n) is 10.4. The molecule has 3 aromatic carbocycles. The van der Waals surface area contributed by atoms with Crippen LogP contribution < -0.4 is 14.8 Å². The number of methoxy groups -OCH3 is 2. The molecule has 2 aromatic heterocycles. The van der Waals surface area contributed by atoms with Gasteiger partial charge in [0, 0.05) is 28.1 Å². The third-order valence-electron chi connectivity index (χ3n) is 5.47. The molecule has 0 aliphatic carbocycles. The lowest BCUT2D eigenvalue weighted by atomic mass is 10.1. The van der Waals surface area contributed by atoms with E-state index in [-0.39, 0.29) is 17.1 Å². The molecule has 0 radical (unpaired) electrons. The summed E-state index contributed by atoms with van der Waals surface area (Å²) >= 11 is 12.2. The second-order valence-corrected chi connectivity index (χ2v) is 8.52. The first-order chi connectivity index (χ1) is 17.2. The fourth-order valence-corrected chi connectivity index (χ4v) is 4.07. The van der Waals surface area contributed by atoms with Gasteiger partial charge < -0.3 is 14.8 Å². The molecule has 0 saturated heterocycles. The van der Waals surface area contributed by atoms with Gasteiger partial charge in [0.15, 0.2) is 11.5 Å². The highest BCUT2D eigenvalue weighted by Gasteiger charge is 2.36. The van der Waals surface area contributed by atoms with Gasteiger partial charge in [0.25, 0.3) is 0 Å². The van der Waals surface area contributed by atoms with Gasteiger partial charge >= 0.3 is 6.18 Å². The Morgan fingerprint density at radius 1 is 0.861 bits per heavy atom. The molecule has 2 N–H and O–H groups in total. The number of hydrogen-bond acceptors (Lipinski definition) is 6. The predicted molar refractivity (Wildman–Crippen MR) is 132 cm³/mol. The number of hydrogen-bond donors (Lipinski definition) is 2. The van der Waals surface area contributed by atoms with Gasteiger partial charge in [0.05, 0.1) is 35.3 Å². The van der Waals surface area contributed by atoms with Gasteiger partial charge in [-0.25, -0.2) is 9.97 Å². The number of benzene rings is 3. The summed E-state index contributed by atoms with van der Waals surface area (Å²) in [6.07, 6.45) is -4.76. The molecular formula is C24H16Cl2F3N5O2. The average Bonchev–Trinajstić information content (AvgIpc) is 3.27. The molecule has 12 heteroatoms. The number of anilines is 2. The van der Waals surface area contributed by atoms with E-state index in [1.165, 1.54) is 26.4 Å². The second-order valence-electron chi connectivity index (χ2n) is 7.70. The normalized spacial score (nSPS) is 11.8. The first kappa shape index (κ1) is 24.0. The van der Waals surface area contributed by atoms with Crippen LogP contribution in [-0.2, 0) is 6.18 Å². The van der Waals surface area contributed by atoms with E-state index < -0.39 is 12.0 Å². The van der Waals surface area contributed by atoms with Crippen LogP contribution in [0.2, 0.25) is 10.0 Å². The van der Waals surface area contributed by atoms with Crippen LogP contribution in [0.25, 0.3) is 33.1 Å². The van der Waals surface area contributed by atoms with Gasteiger partial charge in [-0.3, -0.25) is 5.10 Å². The number of fused-ring (bicyclic) bond motifs is 2. The zero-order chi connectivity index (χ0) is 25.6. The number of halogens is 5. The van der Waals surface area contributed by atoms with Crippen molar-refractivity contribution in [2.45, 2.75) is 6.18 Å². The summed E-state index contributed by atoms with van der Waals surface area (Å²) in [5, 5.41) is 12.1. The molecule has 0 aliphatic rings. The van der Waals surface area contributed by atoms with E-state index in [0.717, 1.165) is 11.1 Å². The molecule has 0 atom stereocenters. The largest absolute Gasteiger partial charge is 0.493 e. The maximum atomic E-state index is 13.6. The maximum absolute atomic E-state index is 13.6. The quantitative estimate of drug-likeness (QED) is 0.247. The van der Waals surface area contributed by atoms with Crippen molar-refractivity contribution in [2.24, 2.45) is 0 Å². The monoisotopic (exact) mass is 533 g/mol. The Morgan fingerprint density at radius 2 is 1.61 bits per heavy atom. The average molecular weight is 534 g/mol. The fourth-order valence-electron chi connectivity index (χ4n) is 3.77. The number of H-pyrrole nitrogens is 1. The van der Waals surface area contributed by atoms with Crippen molar-refractivity contribution in [1.82, 2.24) is 20.2 Å². The van der Waals surface area contributed by atoms with Crippen LogP contribution in [0.3, 0.4) is 0 Å². The van der Waals surface area contributed by atoms with Crippen molar-refractivity contribution < 1.29 is 22.6 Å². The van der Waals surface area contributed by atoms with E-state index in [1.807, 2.05) is 0 Å². The maximum Gasteiger partial charge on any atom is 0.451 e. The summed E-state index contributed by atoms with van der Waals surface area (Å²) in [5.41, 5.74) is 2.56. The number of aromatic amines is 1. The molecule has 0 aliphatic heterocycles. The first-order valence-corrected chi connectivity index (χ1v) is 11.1. The van der Waals surface area contributed by atoms with Crippen molar-refractivity contribution >= 4 is 56.5 Å². The minimum Gasteiger partial charge on any atom is -0.493 e. The lowest BCUT2D eigenvalue weighted by molar-refractivity contribution is -0.144. The number of rotatable bonds is 5. The summed E-state index contributed by atoms with van der Waals surface area (Å²) in [5.74, 6) is -0.768. The van der Waals surface area contributed by atoms with Gasteiger partial charge in [-0.2, -0.15) is 18.3 Å². The standard InChI is InChI=1S/C24H16Cl2F3N5O2/c1-35-19-9-14-18(10-20(19)36-2)31-23(24(27,28)29)32-22(14)30-12-4-6-17-13(8-12)21(34-33-17)11-3-5-15(25)16(26)7-11/h3-10H,1-2H3,(H,33,34)(H,30,31,32). The van der Waals surface area contributed by atoms with Crippen molar-refractivity contribution in [2.75, 3.05) is 19.5 Å². The molecular weight excluding hydrogens is 518 g/mol. The summed E-state index contributed by atoms with van der Waals surface area (Å²) in [6.45, 7) is 0. The van der Waals surface area contributed by atoms with Gasteiger partial charge in [-0.05, 0) is 36.4 Å². The van der Waals surface area contributed by atoms with Gasteiger partial charge in [0.1, 0.15) is 11.5 Å². The molecule has 0 unspecified atom stereocenters. The molecule has 5 rings (SSSR count). The van der Waals surface area contributed by atoms with Crippen LogP contribution in [0.4, 0.5) is 24.7 Å². The summed E-state index contributed by atoms with van der Waals surface area (Å²) < 4.78 is 51.3. The third kappa shape index (κ3) is 4.33. The highest BCUT2D eigenvalue weighted by molar-refractivity contribution is 6.42. The Labute approximate surface area is 212 Å². The smallest absolute Gasteiger partial charge is 0.451 e. The molecule has 2 heterocycles. The fraction of sp³-hybridized carbons (Fsp3) is 0.125. The van der Waals surface area contributed by atoms with Crippen molar-refractivity contribution in [1.29, 1.82) is 0 Å². The van der Waals surface area contributed by atoms with E-state index in [4.69, 9.17) is 32.7 Å². The number of alkyl halides is 3. The van der Waals surface area contributed by atoms with Crippen LogP contribution in [0, 0.1) is 0 Å². The molecule has 0 spiro atoms. The topological polar surface area (TPSA) is 85.0 Å². The van der Waals surface area contributed by atoms with Crippen molar-refractivity contribution in [3.05, 3.63) is 64.4 Å². The van der Waals surface area contributed by atoms with Crippen molar-refractivity contribution in [3.8, 4) is 22.8 Å². The SMILES string of the molecule is COc1cc2nc(C(F)(F)F)nc(Nc3ccc4[nH]nc(-c5ccc(Cl)c(Cl)c5)c4c3)c2cc1OC. The lowest BCUT2D eigenvalue weighted by Crippen LogP contribution is -2.13. The van der Waals surface area contributed by atoms with Crippen molar-refractivity contribution in [3.63, 3.8) is 0 Å². The summed E-state index contributed by atoms with van der Waals surface area (Å²) in [7, 11) is 2.82. The van der Waals surface area contributed by atoms with Crippen LogP contribution in [0.5, 0.6) is 11.5 Å². The van der Waals surface area contributed by atoms with Gasteiger partial charge in [-0.1, -0.05) is 29.3 Å². The Hall–Kier alpha value is -3.76. The molecule has 7 nitrogen and oxygen atoms in total. The molecule has 0 saturated carbocycles. The minimum absolute atomic E-state index is 0.0401. The zero-order valence-electron chi connectivity index (χ0n) is 18.7. The van der Waals surface area contributed by atoms with E-state index in [2.05, 4.69) is 25.5 Å². The second kappa shape index (κ2) is 9.03. The Kier molecular flexibility index (Phi) is 6.01.